The molecule has 0 aromatic heterocycles. The Kier molecular flexibility index (Phi) is 9.01. The van der Waals surface area contributed by atoms with Gasteiger partial charge in [-0.1, -0.05) is 25.4 Å². The van der Waals surface area contributed by atoms with Crippen LogP contribution in [0.4, 0.5) is 5.69 Å². The molecule has 0 saturated carbocycles. The summed E-state index contributed by atoms with van der Waals surface area (Å²) in [5.41, 5.74) is 0.967. The fourth-order valence-electron chi connectivity index (χ4n) is 1.53. The maximum absolute atomic E-state index is 11.9. The molecular formula is C14H21Cl2N3O2. The Hall–Kier alpha value is -1.30. The molecule has 3 N–H and O–H groups in total. The molecule has 0 unspecified atom stereocenters. The molecular weight excluding hydrogens is 313 g/mol. The third-order valence-electron chi connectivity index (χ3n) is 2.51. The summed E-state index contributed by atoms with van der Waals surface area (Å²) in [7, 11) is 1.69. The zero-order valence-electron chi connectivity index (χ0n) is 12.3. The quantitative estimate of drug-likeness (QED) is 0.748. The van der Waals surface area contributed by atoms with Crippen molar-refractivity contribution in [1.29, 1.82) is 0 Å². The number of hydrogen-bond acceptors (Lipinski definition) is 3. The number of benzene rings is 1. The third kappa shape index (κ3) is 6.80. The highest BCUT2D eigenvalue weighted by molar-refractivity contribution is 6.34. The van der Waals surface area contributed by atoms with E-state index in [4.69, 9.17) is 11.6 Å². The summed E-state index contributed by atoms with van der Waals surface area (Å²) in [6, 6.07) is 4.83. The second-order valence-electron chi connectivity index (χ2n) is 4.88. The van der Waals surface area contributed by atoms with Crippen LogP contribution >= 0.6 is 24.0 Å². The molecule has 1 aromatic carbocycles. The third-order valence-corrected chi connectivity index (χ3v) is 2.82. The summed E-state index contributed by atoms with van der Waals surface area (Å²) in [4.78, 5) is 23.3. The molecule has 1 rings (SSSR count). The predicted molar refractivity (Wildman–Crippen MR) is 88.4 cm³/mol. The van der Waals surface area contributed by atoms with Crippen molar-refractivity contribution >= 4 is 41.5 Å². The normalized spacial score (nSPS) is 9.95. The Morgan fingerprint density at radius 1 is 1.29 bits per heavy atom. The molecule has 5 nitrogen and oxygen atoms in total. The van der Waals surface area contributed by atoms with Crippen molar-refractivity contribution in [3.63, 3.8) is 0 Å². The first-order valence-electron chi connectivity index (χ1n) is 6.46. The molecule has 0 bridgehead atoms. The average Bonchev–Trinajstić information content (AvgIpc) is 2.36. The van der Waals surface area contributed by atoms with Gasteiger partial charge in [-0.2, -0.15) is 0 Å². The zero-order chi connectivity index (χ0) is 15.1. The van der Waals surface area contributed by atoms with E-state index < -0.39 is 0 Å². The molecule has 0 radical (unpaired) electrons. The van der Waals surface area contributed by atoms with Crippen molar-refractivity contribution in [2.75, 3.05) is 25.5 Å². The van der Waals surface area contributed by atoms with Crippen molar-refractivity contribution in [2.45, 2.75) is 13.8 Å². The number of rotatable bonds is 6. The van der Waals surface area contributed by atoms with E-state index in [0.717, 1.165) is 0 Å². The molecule has 0 atom stereocenters. The molecule has 0 spiro atoms. The number of nitrogens with one attached hydrogen (secondary N) is 3. The lowest BCUT2D eigenvalue weighted by atomic mass is 10.1. The summed E-state index contributed by atoms with van der Waals surface area (Å²) >= 11 is 6.07. The van der Waals surface area contributed by atoms with Crippen LogP contribution in [0.2, 0.25) is 5.02 Å². The predicted octanol–water partition coefficient (Wildman–Crippen LogP) is 2.31. The minimum absolute atomic E-state index is 0. The molecule has 2 amide bonds. The summed E-state index contributed by atoms with van der Waals surface area (Å²) in [6.45, 7) is 4.84. The number of carbonyl (C=O) groups excluding carboxylic acids is 2. The van der Waals surface area contributed by atoms with Gasteiger partial charge in [-0.05, 0) is 31.2 Å². The van der Waals surface area contributed by atoms with Crippen molar-refractivity contribution in [3.05, 3.63) is 28.8 Å². The molecule has 0 aliphatic rings. The second-order valence-corrected chi connectivity index (χ2v) is 5.28. The first-order chi connectivity index (χ1) is 9.43. The van der Waals surface area contributed by atoms with Gasteiger partial charge in [0, 0.05) is 12.2 Å². The average molecular weight is 334 g/mol. The second kappa shape index (κ2) is 9.60. The van der Waals surface area contributed by atoms with E-state index in [0.29, 0.717) is 28.7 Å². The van der Waals surface area contributed by atoms with Gasteiger partial charge in [-0.25, -0.2) is 0 Å². The molecule has 0 fully saturated rings. The molecule has 7 heteroatoms. The van der Waals surface area contributed by atoms with Crippen LogP contribution in [0.15, 0.2) is 18.2 Å². The Morgan fingerprint density at radius 3 is 2.48 bits per heavy atom. The van der Waals surface area contributed by atoms with E-state index in [1.54, 1.807) is 25.2 Å². The van der Waals surface area contributed by atoms with E-state index >= 15 is 0 Å². The van der Waals surface area contributed by atoms with E-state index in [1.807, 2.05) is 13.8 Å². The lowest BCUT2D eigenvalue weighted by molar-refractivity contribution is -0.115. The van der Waals surface area contributed by atoms with Gasteiger partial charge in [0.1, 0.15) is 0 Å². The van der Waals surface area contributed by atoms with Crippen molar-refractivity contribution in [1.82, 2.24) is 10.6 Å². The Bertz CT molecular complexity index is 493. The Labute approximate surface area is 136 Å². The van der Waals surface area contributed by atoms with Gasteiger partial charge in [0.25, 0.3) is 5.91 Å². The lowest BCUT2D eigenvalue weighted by Crippen LogP contribution is -2.27. The first kappa shape index (κ1) is 19.7. The van der Waals surface area contributed by atoms with Crippen LogP contribution in [0.25, 0.3) is 0 Å². The molecule has 118 valence electrons. The van der Waals surface area contributed by atoms with Gasteiger partial charge >= 0.3 is 0 Å². The van der Waals surface area contributed by atoms with E-state index in [2.05, 4.69) is 16.0 Å². The summed E-state index contributed by atoms with van der Waals surface area (Å²) in [5.74, 6) is -0.00444. The fraction of sp³-hybridized carbons (Fsp3) is 0.429. The van der Waals surface area contributed by atoms with Gasteiger partial charge < -0.3 is 16.0 Å². The van der Waals surface area contributed by atoms with Crippen LogP contribution in [0.1, 0.15) is 24.2 Å². The highest BCUT2D eigenvalue weighted by atomic mass is 35.5. The van der Waals surface area contributed by atoms with Crippen LogP contribution < -0.4 is 16.0 Å². The minimum Gasteiger partial charge on any atom is -0.352 e. The number of amides is 2. The molecule has 0 aliphatic carbocycles. The number of anilines is 1. The fourth-order valence-corrected chi connectivity index (χ4v) is 1.80. The molecule has 1 aromatic rings. The summed E-state index contributed by atoms with van der Waals surface area (Å²) in [6.07, 6.45) is 0. The van der Waals surface area contributed by atoms with E-state index in [-0.39, 0.29) is 30.8 Å². The maximum atomic E-state index is 11.9. The lowest BCUT2D eigenvalue weighted by Gasteiger charge is -2.10. The van der Waals surface area contributed by atoms with Crippen LogP contribution in [0, 0.1) is 5.92 Å². The van der Waals surface area contributed by atoms with Crippen LogP contribution in [-0.4, -0.2) is 32.0 Å². The molecule has 0 heterocycles. The largest absolute Gasteiger partial charge is 0.352 e. The highest BCUT2D eigenvalue weighted by Crippen LogP contribution is 2.21. The molecule has 21 heavy (non-hydrogen) atoms. The van der Waals surface area contributed by atoms with Crippen LogP contribution in [0.5, 0.6) is 0 Å². The topological polar surface area (TPSA) is 70.2 Å². The maximum Gasteiger partial charge on any atom is 0.252 e. The SMILES string of the molecule is CNCC(=O)Nc1ccc(C(=O)NCC(C)C)c(Cl)c1.Cl. The highest BCUT2D eigenvalue weighted by Gasteiger charge is 2.11. The minimum atomic E-state index is -0.211. The van der Waals surface area contributed by atoms with Crippen LogP contribution in [-0.2, 0) is 4.79 Å². The van der Waals surface area contributed by atoms with Gasteiger partial charge in [0.15, 0.2) is 0 Å². The standard InChI is InChI=1S/C14H20ClN3O2.ClH/c1-9(2)7-17-14(20)11-5-4-10(6-12(11)15)18-13(19)8-16-3;/h4-6,9,16H,7-8H2,1-3H3,(H,17,20)(H,18,19);1H. The van der Waals surface area contributed by atoms with Crippen LogP contribution in [0.3, 0.4) is 0 Å². The van der Waals surface area contributed by atoms with Crippen molar-refractivity contribution < 1.29 is 9.59 Å². The van der Waals surface area contributed by atoms with Crippen molar-refractivity contribution in [2.24, 2.45) is 5.92 Å². The zero-order valence-corrected chi connectivity index (χ0v) is 13.9. The Balaban J connectivity index is 0.00000400. The summed E-state index contributed by atoms with van der Waals surface area (Å²) in [5, 5.41) is 8.55. The number of likely N-dealkylation sites (N-methyl/N-ethyl adjacent to an activating group) is 1. The van der Waals surface area contributed by atoms with E-state index in [9.17, 15) is 9.59 Å². The summed E-state index contributed by atoms with van der Waals surface area (Å²) < 4.78 is 0. The van der Waals surface area contributed by atoms with Gasteiger partial charge in [-0.15, -0.1) is 12.4 Å². The monoisotopic (exact) mass is 333 g/mol. The number of hydrogen-bond donors (Lipinski definition) is 3. The number of halogens is 2. The molecule has 0 aliphatic heterocycles. The van der Waals surface area contributed by atoms with E-state index in [1.165, 1.54) is 0 Å². The Morgan fingerprint density at radius 2 is 1.95 bits per heavy atom. The van der Waals surface area contributed by atoms with Gasteiger partial charge in [0.2, 0.25) is 5.91 Å². The smallest absolute Gasteiger partial charge is 0.252 e. The molecule has 0 saturated heterocycles. The van der Waals surface area contributed by atoms with Gasteiger partial charge in [0.05, 0.1) is 17.1 Å². The van der Waals surface area contributed by atoms with Crippen molar-refractivity contribution in [3.8, 4) is 0 Å². The van der Waals surface area contributed by atoms with Gasteiger partial charge in [-0.3, -0.25) is 9.59 Å². The first-order valence-corrected chi connectivity index (χ1v) is 6.84. The number of carbonyl (C=O) groups is 2.